The number of hydrogen-bond acceptors (Lipinski definition) is 3. The van der Waals surface area contributed by atoms with Gasteiger partial charge >= 0.3 is 0 Å². The molecule has 0 aromatic heterocycles. The van der Waals surface area contributed by atoms with Gasteiger partial charge in [0.05, 0.1) is 0 Å². The average Bonchev–Trinajstić information content (AvgIpc) is 2.41. The van der Waals surface area contributed by atoms with E-state index >= 15 is 0 Å². The van der Waals surface area contributed by atoms with Crippen molar-refractivity contribution in [3.8, 4) is 0 Å². The highest BCUT2D eigenvalue weighted by Gasteiger charge is 2.38. The van der Waals surface area contributed by atoms with Crippen LogP contribution in [-0.2, 0) is 4.79 Å². The standard InChI is InChI=1S/C14H26N2OS/c1-14(2,11-4-3-7-15-10-11)13(17)16-12-5-8-18-9-6-12/h11-12,15H,3-10H2,1-2H3,(H,16,17). The Morgan fingerprint density at radius 3 is 2.61 bits per heavy atom. The van der Waals surface area contributed by atoms with Crippen molar-refractivity contribution in [2.45, 2.75) is 45.6 Å². The summed E-state index contributed by atoms with van der Waals surface area (Å²) in [6.45, 7) is 6.31. The van der Waals surface area contributed by atoms with Crippen LogP contribution >= 0.6 is 11.8 Å². The first-order valence-electron chi connectivity index (χ1n) is 7.20. The molecule has 0 spiro atoms. The van der Waals surface area contributed by atoms with E-state index in [0.29, 0.717) is 12.0 Å². The number of nitrogens with one attached hydrogen (secondary N) is 2. The second kappa shape index (κ2) is 6.29. The number of carbonyl (C=O) groups excluding carboxylic acids is 1. The predicted molar refractivity (Wildman–Crippen MR) is 77.9 cm³/mol. The van der Waals surface area contributed by atoms with Gasteiger partial charge in [0.15, 0.2) is 0 Å². The van der Waals surface area contributed by atoms with Gasteiger partial charge in [-0.1, -0.05) is 13.8 Å². The molecule has 2 fully saturated rings. The first kappa shape index (κ1) is 14.2. The molecular weight excluding hydrogens is 244 g/mol. The molecule has 2 heterocycles. The van der Waals surface area contributed by atoms with Crippen molar-refractivity contribution in [1.82, 2.24) is 10.6 Å². The Morgan fingerprint density at radius 1 is 1.28 bits per heavy atom. The predicted octanol–water partition coefficient (Wildman–Crippen LogP) is 2.02. The fraction of sp³-hybridized carbons (Fsp3) is 0.929. The fourth-order valence-corrected chi connectivity index (χ4v) is 3.97. The van der Waals surface area contributed by atoms with Gasteiger partial charge in [-0.05, 0) is 56.2 Å². The van der Waals surface area contributed by atoms with Gasteiger partial charge in [0, 0.05) is 11.5 Å². The molecule has 0 aliphatic carbocycles. The van der Waals surface area contributed by atoms with Gasteiger partial charge in [0.25, 0.3) is 0 Å². The second-order valence-electron chi connectivity index (χ2n) is 6.13. The van der Waals surface area contributed by atoms with Crippen LogP contribution in [0.3, 0.4) is 0 Å². The first-order valence-corrected chi connectivity index (χ1v) is 8.35. The molecule has 1 unspecified atom stereocenters. The summed E-state index contributed by atoms with van der Waals surface area (Å²) < 4.78 is 0. The molecule has 0 aromatic rings. The SMILES string of the molecule is CC(C)(C(=O)NC1CCSCC1)C1CCCNC1. The van der Waals surface area contributed by atoms with Crippen LogP contribution in [0.2, 0.25) is 0 Å². The summed E-state index contributed by atoms with van der Waals surface area (Å²) >= 11 is 2.00. The third kappa shape index (κ3) is 3.41. The van der Waals surface area contributed by atoms with Gasteiger partial charge in [-0.2, -0.15) is 11.8 Å². The number of amides is 1. The van der Waals surface area contributed by atoms with Crippen LogP contribution in [0, 0.1) is 11.3 Å². The van der Waals surface area contributed by atoms with E-state index in [4.69, 9.17) is 0 Å². The zero-order valence-electron chi connectivity index (χ0n) is 11.6. The zero-order chi connectivity index (χ0) is 13.0. The van der Waals surface area contributed by atoms with E-state index in [9.17, 15) is 4.79 Å². The molecule has 2 N–H and O–H groups in total. The maximum atomic E-state index is 12.5. The zero-order valence-corrected chi connectivity index (χ0v) is 12.4. The van der Waals surface area contributed by atoms with E-state index < -0.39 is 0 Å². The summed E-state index contributed by atoms with van der Waals surface area (Å²) in [4.78, 5) is 12.5. The summed E-state index contributed by atoms with van der Waals surface area (Å²) in [6.07, 6.45) is 4.64. The normalized spacial score (nSPS) is 26.9. The van der Waals surface area contributed by atoms with E-state index in [1.54, 1.807) is 0 Å². The van der Waals surface area contributed by atoms with Crippen LogP contribution in [0.5, 0.6) is 0 Å². The Kier molecular flexibility index (Phi) is 4.96. The van der Waals surface area contributed by atoms with E-state index in [1.807, 2.05) is 11.8 Å². The highest BCUT2D eigenvalue weighted by atomic mass is 32.2. The molecule has 1 amide bonds. The number of hydrogen-bond donors (Lipinski definition) is 2. The Bertz CT molecular complexity index is 282. The maximum absolute atomic E-state index is 12.5. The lowest BCUT2D eigenvalue weighted by atomic mass is 9.74. The molecule has 3 nitrogen and oxygen atoms in total. The van der Waals surface area contributed by atoms with Crippen molar-refractivity contribution in [2.24, 2.45) is 11.3 Å². The van der Waals surface area contributed by atoms with Crippen molar-refractivity contribution in [3.63, 3.8) is 0 Å². The molecule has 2 aliphatic rings. The minimum Gasteiger partial charge on any atom is -0.353 e. The molecule has 4 heteroatoms. The fourth-order valence-electron chi connectivity index (χ4n) is 2.87. The van der Waals surface area contributed by atoms with Crippen molar-refractivity contribution >= 4 is 17.7 Å². The molecule has 18 heavy (non-hydrogen) atoms. The minimum absolute atomic E-state index is 0.238. The van der Waals surface area contributed by atoms with Gasteiger partial charge in [-0.25, -0.2) is 0 Å². The molecule has 1 atom stereocenters. The second-order valence-corrected chi connectivity index (χ2v) is 7.35. The lowest BCUT2D eigenvalue weighted by Crippen LogP contribution is -2.50. The maximum Gasteiger partial charge on any atom is 0.226 e. The number of rotatable bonds is 3. The van der Waals surface area contributed by atoms with Crippen molar-refractivity contribution < 1.29 is 4.79 Å². The summed E-state index contributed by atoms with van der Waals surface area (Å²) in [6, 6.07) is 0.412. The molecule has 2 rings (SSSR count). The first-order chi connectivity index (χ1) is 8.60. The molecule has 2 aliphatic heterocycles. The molecule has 2 saturated heterocycles. The van der Waals surface area contributed by atoms with E-state index in [-0.39, 0.29) is 11.3 Å². The Hall–Kier alpha value is -0.220. The monoisotopic (exact) mass is 270 g/mol. The minimum atomic E-state index is -0.238. The number of thioether (sulfide) groups is 1. The highest BCUT2D eigenvalue weighted by Crippen LogP contribution is 2.32. The third-order valence-corrected chi connectivity index (χ3v) is 5.51. The lowest BCUT2D eigenvalue weighted by Gasteiger charge is -2.37. The molecule has 0 aromatic carbocycles. The van der Waals surface area contributed by atoms with Gasteiger partial charge in [-0.15, -0.1) is 0 Å². The summed E-state index contributed by atoms with van der Waals surface area (Å²) in [5.41, 5.74) is -0.238. The van der Waals surface area contributed by atoms with Gasteiger partial charge in [0.1, 0.15) is 0 Å². The van der Waals surface area contributed by atoms with Crippen molar-refractivity contribution in [2.75, 3.05) is 24.6 Å². The van der Waals surface area contributed by atoms with Crippen LogP contribution in [0.4, 0.5) is 0 Å². The topological polar surface area (TPSA) is 41.1 Å². The van der Waals surface area contributed by atoms with Crippen LogP contribution in [0.1, 0.15) is 39.5 Å². The number of carbonyl (C=O) groups is 1. The third-order valence-electron chi connectivity index (χ3n) is 4.46. The Labute approximate surface area is 115 Å². The summed E-state index contributed by atoms with van der Waals surface area (Å²) in [5, 5.41) is 6.69. The molecule has 0 radical (unpaired) electrons. The molecular formula is C14H26N2OS. The Balaban J connectivity index is 1.88. The van der Waals surface area contributed by atoms with Gasteiger partial charge in [-0.3, -0.25) is 4.79 Å². The highest BCUT2D eigenvalue weighted by molar-refractivity contribution is 7.99. The van der Waals surface area contributed by atoms with Crippen LogP contribution < -0.4 is 10.6 Å². The van der Waals surface area contributed by atoms with E-state index in [0.717, 1.165) is 25.9 Å². The smallest absolute Gasteiger partial charge is 0.226 e. The summed E-state index contributed by atoms with van der Waals surface area (Å²) in [5.74, 6) is 3.12. The van der Waals surface area contributed by atoms with Crippen LogP contribution in [0.25, 0.3) is 0 Å². The van der Waals surface area contributed by atoms with Crippen molar-refractivity contribution in [3.05, 3.63) is 0 Å². The molecule has 104 valence electrons. The van der Waals surface area contributed by atoms with Gasteiger partial charge < -0.3 is 10.6 Å². The Morgan fingerprint density at radius 2 is 2.00 bits per heavy atom. The van der Waals surface area contributed by atoms with E-state index in [2.05, 4.69) is 24.5 Å². The number of piperidine rings is 1. The largest absolute Gasteiger partial charge is 0.353 e. The lowest BCUT2D eigenvalue weighted by molar-refractivity contribution is -0.133. The molecule has 0 bridgehead atoms. The molecule has 0 saturated carbocycles. The van der Waals surface area contributed by atoms with Crippen LogP contribution in [-0.4, -0.2) is 36.5 Å². The van der Waals surface area contributed by atoms with Gasteiger partial charge in [0.2, 0.25) is 5.91 Å². The average molecular weight is 270 g/mol. The van der Waals surface area contributed by atoms with Crippen molar-refractivity contribution in [1.29, 1.82) is 0 Å². The van der Waals surface area contributed by atoms with E-state index in [1.165, 1.54) is 24.3 Å². The quantitative estimate of drug-likeness (QED) is 0.824. The summed E-state index contributed by atoms with van der Waals surface area (Å²) in [7, 11) is 0. The van der Waals surface area contributed by atoms with Crippen LogP contribution in [0.15, 0.2) is 0 Å².